The van der Waals surface area contributed by atoms with Crippen molar-refractivity contribution in [2.45, 2.75) is 25.7 Å². The van der Waals surface area contributed by atoms with E-state index in [1.165, 1.54) is 23.7 Å². The molecule has 0 amide bonds. The van der Waals surface area contributed by atoms with Gasteiger partial charge in [-0.15, -0.1) is 0 Å². The number of alkyl halides is 2. The normalized spacial score (nSPS) is 11.3. The first kappa shape index (κ1) is 27.2. The first-order valence-corrected chi connectivity index (χ1v) is 12.5. The Hall–Kier alpha value is 1.22. The van der Waals surface area contributed by atoms with Crippen molar-refractivity contribution in [2.75, 3.05) is 88.1 Å². The first-order valence-electron chi connectivity index (χ1n) is 9.50. The molecule has 0 unspecified atom stereocenters. The van der Waals surface area contributed by atoms with Crippen LogP contribution in [0.4, 0.5) is 0 Å². The van der Waals surface area contributed by atoms with Crippen LogP contribution in [0, 0.1) is 0 Å². The summed E-state index contributed by atoms with van der Waals surface area (Å²) in [7, 11) is 0. The van der Waals surface area contributed by atoms with Gasteiger partial charge in [0, 0.05) is 11.0 Å². The molecule has 158 valence electrons. The number of rotatable bonds is 23. The van der Waals surface area contributed by atoms with Crippen LogP contribution < -0.4 is 0 Å². The highest BCUT2D eigenvalue weighted by Gasteiger charge is 1.94. The Morgan fingerprint density at radius 2 is 0.654 bits per heavy atom. The van der Waals surface area contributed by atoms with Gasteiger partial charge in [-0.05, 0) is 17.3 Å². The van der Waals surface area contributed by atoms with Crippen LogP contribution in [0.3, 0.4) is 0 Å². The third-order valence-corrected chi connectivity index (χ3v) is 4.46. The monoisotopic (exact) mass is 602 g/mol. The van der Waals surface area contributed by atoms with Crippen LogP contribution in [0.25, 0.3) is 0 Å². The van der Waals surface area contributed by atoms with Gasteiger partial charge >= 0.3 is 0 Å². The van der Waals surface area contributed by atoms with E-state index in [2.05, 4.69) is 45.2 Å². The van der Waals surface area contributed by atoms with Gasteiger partial charge in [0.25, 0.3) is 0 Å². The molecule has 6 nitrogen and oxygen atoms in total. The molecule has 0 aromatic rings. The maximum atomic E-state index is 5.53. The molecule has 0 saturated heterocycles. The van der Waals surface area contributed by atoms with E-state index in [4.69, 9.17) is 28.4 Å². The lowest BCUT2D eigenvalue weighted by molar-refractivity contribution is -0.0161. The van der Waals surface area contributed by atoms with E-state index >= 15 is 0 Å². The predicted molar refractivity (Wildman–Crippen MR) is 121 cm³/mol. The summed E-state index contributed by atoms with van der Waals surface area (Å²) in [5, 5.41) is 0. The molecule has 0 N–H and O–H groups in total. The maximum Gasteiger partial charge on any atom is 0.0701 e. The van der Waals surface area contributed by atoms with Gasteiger partial charge in [0.05, 0.1) is 72.7 Å². The molecule has 0 fully saturated rings. The van der Waals surface area contributed by atoms with Gasteiger partial charge in [-0.1, -0.05) is 58.0 Å². The number of ether oxygens (including phenoxy) is 6. The zero-order chi connectivity index (χ0) is 19.0. The Labute approximate surface area is 186 Å². The quantitative estimate of drug-likeness (QED) is 0.102. The van der Waals surface area contributed by atoms with Gasteiger partial charge < -0.3 is 28.4 Å². The average molecular weight is 602 g/mol. The molecule has 26 heavy (non-hydrogen) atoms. The fraction of sp³-hybridized carbons (Fsp3) is 1.00. The van der Waals surface area contributed by atoms with Crippen LogP contribution in [-0.2, 0) is 28.4 Å². The maximum absolute atomic E-state index is 5.53. The SMILES string of the molecule is ICCCCCCOCCOCCOCCOCCOCCOCCI. The highest BCUT2D eigenvalue weighted by atomic mass is 127. The zero-order valence-electron chi connectivity index (χ0n) is 15.9. The van der Waals surface area contributed by atoms with Gasteiger partial charge in [-0.2, -0.15) is 0 Å². The van der Waals surface area contributed by atoms with Gasteiger partial charge in [0.1, 0.15) is 0 Å². The third kappa shape index (κ3) is 25.2. The van der Waals surface area contributed by atoms with Crippen molar-refractivity contribution in [3.63, 3.8) is 0 Å². The molecule has 0 aliphatic rings. The van der Waals surface area contributed by atoms with Crippen LogP contribution in [-0.4, -0.2) is 88.1 Å². The fourth-order valence-corrected chi connectivity index (χ4v) is 2.76. The molecule has 0 aromatic heterocycles. The van der Waals surface area contributed by atoms with E-state index in [-0.39, 0.29) is 0 Å². The highest BCUT2D eigenvalue weighted by Crippen LogP contribution is 2.02. The van der Waals surface area contributed by atoms with Crippen LogP contribution >= 0.6 is 45.2 Å². The number of halogens is 2. The van der Waals surface area contributed by atoms with E-state index < -0.39 is 0 Å². The summed E-state index contributed by atoms with van der Waals surface area (Å²) in [4.78, 5) is 0. The molecule has 0 heterocycles. The Morgan fingerprint density at radius 3 is 1.04 bits per heavy atom. The minimum atomic E-state index is 0.579. The number of unbranched alkanes of at least 4 members (excludes halogenated alkanes) is 3. The Kier molecular flexibility index (Phi) is 27.5. The molecule has 0 atom stereocenters. The fourth-order valence-electron chi connectivity index (χ4n) is 1.91. The molecular weight excluding hydrogens is 566 g/mol. The van der Waals surface area contributed by atoms with Gasteiger partial charge in [0.2, 0.25) is 0 Å². The summed E-state index contributed by atoms with van der Waals surface area (Å²) < 4.78 is 34.8. The van der Waals surface area contributed by atoms with Crippen LogP contribution in [0.15, 0.2) is 0 Å². The minimum absolute atomic E-state index is 0.579. The van der Waals surface area contributed by atoms with E-state index in [0.29, 0.717) is 66.1 Å². The van der Waals surface area contributed by atoms with E-state index in [0.717, 1.165) is 24.1 Å². The molecule has 0 aliphatic heterocycles. The lowest BCUT2D eigenvalue weighted by Crippen LogP contribution is -2.14. The van der Waals surface area contributed by atoms with Gasteiger partial charge in [0.15, 0.2) is 0 Å². The van der Waals surface area contributed by atoms with Crippen molar-refractivity contribution in [1.29, 1.82) is 0 Å². The standard InChI is InChI=1S/C18H36I2O6/c19-5-3-1-2-4-7-21-9-11-23-13-15-25-17-18-26-16-14-24-12-10-22-8-6-20/h1-18H2. The van der Waals surface area contributed by atoms with Crippen molar-refractivity contribution < 1.29 is 28.4 Å². The van der Waals surface area contributed by atoms with E-state index in [1.807, 2.05) is 0 Å². The molecule has 0 aliphatic carbocycles. The van der Waals surface area contributed by atoms with Gasteiger partial charge in [-0.25, -0.2) is 0 Å². The third-order valence-electron chi connectivity index (χ3n) is 3.25. The predicted octanol–water partition coefficient (Wildman–Crippen LogP) is 3.52. The summed E-state index contributed by atoms with van der Waals surface area (Å²) in [6.45, 7) is 7.71. The summed E-state index contributed by atoms with van der Waals surface area (Å²) in [5.74, 6) is 0. The zero-order valence-corrected chi connectivity index (χ0v) is 20.2. The molecule has 0 radical (unpaired) electrons. The van der Waals surface area contributed by atoms with Crippen molar-refractivity contribution in [2.24, 2.45) is 0 Å². The summed E-state index contributed by atoms with van der Waals surface area (Å²) in [6.07, 6.45) is 5.04. The van der Waals surface area contributed by atoms with Crippen LogP contribution in [0.5, 0.6) is 0 Å². The molecule has 8 heteroatoms. The molecule has 0 aromatic carbocycles. The van der Waals surface area contributed by atoms with Crippen molar-refractivity contribution >= 4 is 45.2 Å². The minimum Gasteiger partial charge on any atom is -0.379 e. The lowest BCUT2D eigenvalue weighted by Gasteiger charge is -2.08. The number of hydrogen-bond donors (Lipinski definition) is 0. The largest absolute Gasteiger partial charge is 0.379 e. The second-order valence-electron chi connectivity index (χ2n) is 5.47. The Bertz CT molecular complexity index is 226. The van der Waals surface area contributed by atoms with Crippen LogP contribution in [0.2, 0.25) is 0 Å². The highest BCUT2D eigenvalue weighted by molar-refractivity contribution is 14.1. The Morgan fingerprint density at radius 1 is 0.308 bits per heavy atom. The molecule has 0 rings (SSSR count). The van der Waals surface area contributed by atoms with Crippen molar-refractivity contribution in [3.05, 3.63) is 0 Å². The molecule has 0 bridgehead atoms. The second kappa shape index (κ2) is 26.2. The van der Waals surface area contributed by atoms with Crippen molar-refractivity contribution in [1.82, 2.24) is 0 Å². The van der Waals surface area contributed by atoms with E-state index in [1.54, 1.807) is 0 Å². The molecular formula is C18H36I2O6. The average Bonchev–Trinajstić information content (AvgIpc) is 2.66. The van der Waals surface area contributed by atoms with E-state index in [9.17, 15) is 0 Å². The number of hydrogen-bond acceptors (Lipinski definition) is 6. The van der Waals surface area contributed by atoms with Gasteiger partial charge in [-0.3, -0.25) is 0 Å². The Balaban J connectivity index is 2.95. The second-order valence-corrected chi connectivity index (χ2v) is 7.62. The molecule has 0 spiro atoms. The smallest absolute Gasteiger partial charge is 0.0701 e. The first-order chi connectivity index (χ1) is 12.9. The summed E-state index contributed by atoms with van der Waals surface area (Å²) >= 11 is 4.71. The van der Waals surface area contributed by atoms with Crippen LogP contribution in [0.1, 0.15) is 25.7 Å². The molecule has 0 saturated carbocycles. The van der Waals surface area contributed by atoms with Crippen molar-refractivity contribution in [3.8, 4) is 0 Å². The topological polar surface area (TPSA) is 55.4 Å². The summed E-state index contributed by atoms with van der Waals surface area (Å²) in [6, 6.07) is 0. The lowest BCUT2D eigenvalue weighted by atomic mass is 10.2. The summed E-state index contributed by atoms with van der Waals surface area (Å²) in [5.41, 5.74) is 0.